The molecule has 0 radical (unpaired) electrons. The summed E-state index contributed by atoms with van der Waals surface area (Å²) in [6.07, 6.45) is 6.90. The number of carboxylic acid groups (broad SMARTS) is 1. The van der Waals surface area contributed by atoms with Gasteiger partial charge in [-0.05, 0) is 25.8 Å². The first-order chi connectivity index (χ1) is 10.1. The first-order valence-corrected chi connectivity index (χ1v) is 6.97. The van der Waals surface area contributed by atoms with Crippen molar-refractivity contribution >= 4 is 5.97 Å². The maximum Gasteiger partial charge on any atom is 0.337 e. The standard InChI is InChI=1S/C15H17N3O3/c1-10-6-13(14(8-16-10)15(19)20)11-7-17-18(9-11)12-2-4-21-5-3-12/h6-9,12H,2-5H2,1H3,(H,19,20). The third-order valence-electron chi connectivity index (χ3n) is 3.75. The van der Waals surface area contributed by atoms with E-state index in [9.17, 15) is 9.90 Å². The summed E-state index contributed by atoms with van der Waals surface area (Å²) in [7, 11) is 0. The lowest BCUT2D eigenvalue weighted by Gasteiger charge is -2.22. The molecule has 0 amide bonds. The summed E-state index contributed by atoms with van der Waals surface area (Å²) in [6, 6.07) is 2.11. The molecular formula is C15H17N3O3. The Hall–Kier alpha value is -2.21. The van der Waals surface area contributed by atoms with Crippen molar-refractivity contribution in [1.29, 1.82) is 0 Å². The fourth-order valence-corrected chi connectivity index (χ4v) is 2.60. The molecule has 110 valence electrons. The van der Waals surface area contributed by atoms with Gasteiger partial charge >= 0.3 is 5.97 Å². The van der Waals surface area contributed by atoms with E-state index in [2.05, 4.69) is 10.1 Å². The molecule has 3 heterocycles. The molecule has 1 saturated heterocycles. The van der Waals surface area contributed by atoms with Crippen LogP contribution in [0.25, 0.3) is 11.1 Å². The molecule has 0 bridgehead atoms. The van der Waals surface area contributed by atoms with E-state index < -0.39 is 5.97 Å². The van der Waals surface area contributed by atoms with E-state index in [1.165, 1.54) is 6.20 Å². The number of aryl methyl sites for hydroxylation is 1. The summed E-state index contributed by atoms with van der Waals surface area (Å²) in [5.41, 5.74) is 2.46. The normalized spacial score (nSPS) is 16.0. The van der Waals surface area contributed by atoms with Crippen LogP contribution in [0.15, 0.2) is 24.7 Å². The Labute approximate surface area is 122 Å². The van der Waals surface area contributed by atoms with Crippen molar-refractivity contribution in [1.82, 2.24) is 14.8 Å². The molecule has 1 N–H and O–H groups in total. The number of nitrogens with zero attached hydrogens (tertiary/aromatic N) is 3. The van der Waals surface area contributed by atoms with Crippen LogP contribution in [0.3, 0.4) is 0 Å². The number of rotatable bonds is 3. The van der Waals surface area contributed by atoms with Crippen LogP contribution in [-0.4, -0.2) is 39.1 Å². The van der Waals surface area contributed by atoms with Gasteiger partial charge in [-0.3, -0.25) is 9.67 Å². The Bertz CT molecular complexity index is 660. The predicted molar refractivity (Wildman–Crippen MR) is 76.2 cm³/mol. The minimum absolute atomic E-state index is 0.201. The third-order valence-corrected chi connectivity index (χ3v) is 3.75. The number of hydrogen-bond acceptors (Lipinski definition) is 4. The van der Waals surface area contributed by atoms with Crippen LogP contribution in [0.5, 0.6) is 0 Å². The van der Waals surface area contributed by atoms with Gasteiger partial charge in [-0.15, -0.1) is 0 Å². The van der Waals surface area contributed by atoms with Crippen LogP contribution < -0.4 is 0 Å². The van der Waals surface area contributed by atoms with Gasteiger partial charge in [-0.25, -0.2) is 4.79 Å². The van der Waals surface area contributed by atoms with Gasteiger partial charge in [0.15, 0.2) is 0 Å². The fourth-order valence-electron chi connectivity index (χ4n) is 2.60. The van der Waals surface area contributed by atoms with Crippen LogP contribution in [0.4, 0.5) is 0 Å². The van der Waals surface area contributed by atoms with Gasteiger partial charge in [0.25, 0.3) is 0 Å². The van der Waals surface area contributed by atoms with Crippen molar-refractivity contribution in [3.8, 4) is 11.1 Å². The first-order valence-electron chi connectivity index (χ1n) is 6.97. The second-order valence-corrected chi connectivity index (χ2v) is 5.23. The zero-order valence-electron chi connectivity index (χ0n) is 11.8. The van der Waals surface area contributed by atoms with Gasteiger partial charge in [0, 0.05) is 42.4 Å². The lowest BCUT2D eigenvalue weighted by molar-refractivity contribution is 0.0662. The molecule has 0 aromatic carbocycles. The van der Waals surface area contributed by atoms with E-state index in [-0.39, 0.29) is 5.56 Å². The minimum atomic E-state index is -0.976. The Morgan fingerprint density at radius 2 is 2.14 bits per heavy atom. The van der Waals surface area contributed by atoms with Crippen LogP contribution in [0.1, 0.15) is 34.9 Å². The maximum atomic E-state index is 11.3. The number of aromatic carboxylic acids is 1. The van der Waals surface area contributed by atoms with Crippen LogP contribution >= 0.6 is 0 Å². The molecule has 0 saturated carbocycles. The molecule has 3 rings (SSSR count). The molecule has 1 fully saturated rings. The molecule has 0 aliphatic carbocycles. The van der Waals surface area contributed by atoms with Crippen molar-refractivity contribution in [2.24, 2.45) is 0 Å². The number of ether oxygens (including phenoxy) is 1. The third kappa shape index (κ3) is 2.80. The van der Waals surface area contributed by atoms with Gasteiger partial charge < -0.3 is 9.84 Å². The molecule has 0 unspecified atom stereocenters. The van der Waals surface area contributed by atoms with Crippen molar-refractivity contribution in [3.05, 3.63) is 35.9 Å². The van der Waals surface area contributed by atoms with Crippen molar-refractivity contribution in [2.75, 3.05) is 13.2 Å². The average molecular weight is 287 g/mol. The number of hydrogen-bond donors (Lipinski definition) is 1. The van der Waals surface area contributed by atoms with E-state index in [0.717, 1.165) is 37.3 Å². The molecule has 6 heteroatoms. The second kappa shape index (κ2) is 5.65. The lowest BCUT2D eigenvalue weighted by atomic mass is 10.0. The topological polar surface area (TPSA) is 77.2 Å². The molecule has 21 heavy (non-hydrogen) atoms. The number of pyridine rings is 1. The predicted octanol–water partition coefficient (Wildman–Crippen LogP) is 2.30. The Kier molecular flexibility index (Phi) is 3.70. The minimum Gasteiger partial charge on any atom is -0.478 e. The smallest absolute Gasteiger partial charge is 0.337 e. The number of carbonyl (C=O) groups is 1. The highest BCUT2D eigenvalue weighted by atomic mass is 16.5. The Morgan fingerprint density at radius 3 is 2.86 bits per heavy atom. The Balaban J connectivity index is 1.95. The van der Waals surface area contributed by atoms with E-state index in [0.29, 0.717) is 11.6 Å². The molecule has 0 spiro atoms. The van der Waals surface area contributed by atoms with Crippen molar-refractivity contribution < 1.29 is 14.6 Å². The molecule has 0 atom stereocenters. The summed E-state index contributed by atoms with van der Waals surface area (Å²) >= 11 is 0. The quantitative estimate of drug-likeness (QED) is 0.937. The molecular weight excluding hydrogens is 270 g/mol. The van der Waals surface area contributed by atoms with E-state index >= 15 is 0 Å². The molecule has 6 nitrogen and oxygen atoms in total. The largest absolute Gasteiger partial charge is 0.478 e. The van der Waals surface area contributed by atoms with Crippen LogP contribution in [0, 0.1) is 6.92 Å². The van der Waals surface area contributed by atoms with Crippen molar-refractivity contribution in [3.63, 3.8) is 0 Å². The highest BCUT2D eigenvalue weighted by Gasteiger charge is 2.19. The highest BCUT2D eigenvalue weighted by Crippen LogP contribution is 2.27. The fraction of sp³-hybridized carbons (Fsp3) is 0.400. The van der Waals surface area contributed by atoms with E-state index in [1.807, 2.05) is 17.8 Å². The average Bonchev–Trinajstić information content (AvgIpc) is 2.97. The lowest BCUT2D eigenvalue weighted by Crippen LogP contribution is -2.19. The SMILES string of the molecule is Cc1cc(-c2cnn(C3CCOCC3)c2)c(C(=O)O)cn1. The summed E-state index contributed by atoms with van der Waals surface area (Å²) in [6.45, 7) is 3.33. The van der Waals surface area contributed by atoms with Crippen molar-refractivity contribution in [2.45, 2.75) is 25.8 Å². The van der Waals surface area contributed by atoms with E-state index in [1.54, 1.807) is 12.3 Å². The molecule has 1 aliphatic rings. The second-order valence-electron chi connectivity index (χ2n) is 5.23. The van der Waals surface area contributed by atoms with E-state index in [4.69, 9.17) is 4.74 Å². The first kappa shape index (κ1) is 13.8. The zero-order valence-corrected chi connectivity index (χ0v) is 11.8. The van der Waals surface area contributed by atoms with Crippen LogP contribution in [0.2, 0.25) is 0 Å². The number of aromatic nitrogens is 3. The summed E-state index contributed by atoms with van der Waals surface area (Å²) in [5, 5.41) is 13.7. The van der Waals surface area contributed by atoms with Gasteiger partial charge in [-0.2, -0.15) is 5.10 Å². The molecule has 2 aromatic rings. The van der Waals surface area contributed by atoms with Gasteiger partial charge in [0.1, 0.15) is 0 Å². The summed E-state index contributed by atoms with van der Waals surface area (Å²) < 4.78 is 7.27. The summed E-state index contributed by atoms with van der Waals surface area (Å²) in [4.78, 5) is 15.4. The highest BCUT2D eigenvalue weighted by molar-refractivity contribution is 5.95. The van der Waals surface area contributed by atoms with Gasteiger partial charge in [0.05, 0.1) is 17.8 Å². The molecule has 1 aliphatic heterocycles. The van der Waals surface area contributed by atoms with Crippen LogP contribution in [-0.2, 0) is 4.74 Å². The maximum absolute atomic E-state index is 11.3. The number of carboxylic acids is 1. The zero-order chi connectivity index (χ0) is 14.8. The summed E-state index contributed by atoms with van der Waals surface area (Å²) in [5.74, 6) is -0.976. The molecule has 2 aromatic heterocycles. The Morgan fingerprint density at radius 1 is 1.38 bits per heavy atom. The van der Waals surface area contributed by atoms with Gasteiger partial charge in [0.2, 0.25) is 0 Å². The monoisotopic (exact) mass is 287 g/mol. The van der Waals surface area contributed by atoms with Gasteiger partial charge in [-0.1, -0.05) is 0 Å².